The number of rotatable bonds is 4. The smallest absolute Gasteiger partial charge is 0.0926 e. The first-order valence-electron chi connectivity index (χ1n) is 6.43. The molecule has 0 radical (unpaired) electrons. The summed E-state index contributed by atoms with van der Waals surface area (Å²) < 4.78 is 1.72. The molecule has 0 amide bonds. The second-order valence-electron chi connectivity index (χ2n) is 4.52. The van der Waals surface area contributed by atoms with Crippen LogP contribution in [-0.4, -0.2) is 20.0 Å². The van der Waals surface area contributed by atoms with E-state index in [0.29, 0.717) is 0 Å². The van der Waals surface area contributed by atoms with Crippen molar-refractivity contribution in [2.24, 2.45) is 0 Å². The summed E-state index contributed by atoms with van der Waals surface area (Å²) in [7, 11) is 0. The lowest BCUT2D eigenvalue weighted by Gasteiger charge is -2.12. The molecule has 0 aliphatic carbocycles. The summed E-state index contributed by atoms with van der Waals surface area (Å²) >= 11 is 0. The molecule has 0 fully saturated rings. The minimum atomic E-state index is 0.750. The lowest BCUT2D eigenvalue weighted by atomic mass is 10.1. The molecule has 0 bridgehead atoms. The summed E-state index contributed by atoms with van der Waals surface area (Å²) in [5, 5.41) is 11.3. The molecule has 5 nitrogen and oxygen atoms in total. The highest BCUT2D eigenvalue weighted by Crippen LogP contribution is 2.18. The molecule has 3 aromatic rings. The van der Waals surface area contributed by atoms with Gasteiger partial charge >= 0.3 is 0 Å². The highest BCUT2D eigenvalue weighted by atomic mass is 15.4. The third-order valence-electron chi connectivity index (χ3n) is 3.20. The van der Waals surface area contributed by atoms with Gasteiger partial charge < -0.3 is 5.32 Å². The van der Waals surface area contributed by atoms with E-state index in [4.69, 9.17) is 0 Å². The number of hydrogen-bond donors (Lipinski definition) is 1. The molecule has 1 aromatic carbocycles. The number of aromatic nitrogens is 4. The molecule has 0 spiro atoms. The maximum absolute atomic E-state index is 4.17. The lowest BCUT2D eigenvalue weighted by molar-refractivity contribution is 0.801. The fourth-order valence-corrected chi connectivity index (χ4v) is 2.06. The summed E-state index contributed by atoms with van der Waals surface area (Å²) in [6.07, 6.45) is 7.02. The Morgan fingerprint density at radius 3 is 2.85 bits per heavy atom. The van der Waals surface area contributed by atoms with Crippen molar-refractivity contribution in [2.45, 2.75) is 13.5 Å². The van der Waals surface area contributed by atoms with Crippen LogP contribution in [0.1, 0.15) is 11.1 Å². The molecule has 20 heavy (non-hydrogen) atoms. The van der Waals surface area contributed by atoms with E-state index in [9.17, 15) is 0 Å². The van der Waals surface area contributed by atoms with Gasteiger partial charge in [0.2, 0.25) is 0 Å². The van der Waals surface area contributed by atoms with Crippen LogP contribution in [0.2, 0.25) is 0 Å². The SMILES string of the molecule is Cc1ccccc1CNc1cnccc1-n1ccnn1. The molecule has 2 aromatic heterocycles. The van der Waals surface area contributed by atoms with Crippen molar-refractivity contribution < 1.29 is 0 Å². The van der Waals surface area contributed by atoms with Crippen molar-refractivity contribution in [2.75, 3.05) is 5.32 Å². The topological polar surface area (TPSA) is 55.6 Å². The molecule has 100 valence electrons. The maximum Gasteiger partial charge on any atom is 0.0926 e. The van der Waals surface area contributed by atoms with Gasteiger partial charge in [-0.05, 0) is 24.1 Å². The van der Waals surface area contributed by atoms with Crippen molar-refractivity contribution in [3.05, 3.63) is 66.2 Å². The number of nitrogens with zero attached hydrogens (tertiary/aromatic N) is 4. The van der Waals surface area contributed by atoms with Gasteiger partial charge in [-0.15, -0.1) is 5.10 Å². The summed E-state index contributed by atoms with van der Waals surface area (Å²) in [4.78, 5) is 4.17. The normalized spacial score (nSPS) is 10.4. The number of aryl methyl sites for hydroxylation is 1. The lowest BCUT2D eigenvalue weighted by Crippen LogP contribution is -2.06. The van der Waals surface area contributed by atoms with Crippen molar-refractivity contribution >= 4 is 5.69 Å². The molecule has 2 heterocycles. The van der Waals surface area contributed by atoms with E-state index < -0.39 is 0 Å². The molecule has 1 N–H and O–H groups in total. The first-order chi connectivity index (χ1) is 9.84. The summed E-state index contributed by atoms with van der Waals surface area (Å²) in [6, 6.07) is 10.2. The van der Waals surface area contributed by atoms with E-state index in [1.165, 1.54) is 11.1 Å². The Labute approximate surface area is 117 Å². The predicted octanol–water partition coefficient (Wildman–Crippen LogP) is 2.58. The zero-order chi connectivity index (χ0) is 13.8. The van der Waals surface area contributed by atoms with Crippen LogP contribution in [0.25, 0.3) is 5.69 Å². The predicted molar refractivity (Wildman–Crippen MR) is 77.7 cm³/mol. The Balaban J connectivity index is 1.84. The van der Waals surface area contributed by atoms with E-state index in [2.05, 4.69) is 39.7 Å². The Morgan fingerprint density at radius 1 is 1.15 bits per heavy atom. The molecule has 5 heteroatoms. The first-order valence-corrected chi connectivity index (χ1v) is 6.43. The molecule has 0 saturated heterocycles. The molecule has 0 saturated carbocycles. The molecule has 0 atom stereocenters. The monoisotopic (exact) mass is 265 g/mol. The van der Waals surface area contributed by atoms with Gasteiger partial charge in [-0.2, -0.15) is 0 Å². The van der Waals surface area contributed by atoms with Gasteiger partial charge in [0.15, 0.2) is 0 Å². The van der Waals surface area contributed by atoms with Crippen molar-refractivity contribution in [3.8, 4) is 5.69 Å². The van der Waals surface area contributed by atoms with Crippen LogP contribution in [0, 0.1) is 6.92 Å². The minimum absolute atomic E-state index is 0.750. The molecule has 0 aliphatic heterocycles. The van der Waals surface area contributed by atoms with Crippen LogP contribution < -0.4 is 5.32 Å². The van der Waals surface area contributed by atoms with Crippen LogP contribution in [0.3, 0.4) is 0 Å². The molecule has 0 unspecified atom stereocenters. The Hall–Kier alpha value is -2.69. The van der Waals surface area contributed by atoms with Crippen LogP contribution >= 0.6 is 0 Å². The van der Waals surface area contributed by atoms with E-state index in [1.54, 1.807) is 23.3 Å². The number of anilines is 1. The van der Waals surface area contributed by atoms with Crippen molar-refractivity contribution in [1.29, 1.82) is 0 Å². The second kappa shape index (κ2) is 5.52. The van der Waals surface area contributed by atoms with E-state index in [0.717, 1.165) is 17.9 Å². The van der Waals surface area contributed by atoms with Gasteiger partial charge in [-0.1, -0.05) is 29.5 Å². The first kappa shape index (κ1) is 12.3. The molecule has 3 rings (SSSR count). The number of benzene rings is 1. The van der Waals surface area contributed by atoms with Gasteiger partial charge in [-0.25, -0.2) is 4.68 Å². The highest BCUT2D eigenvalue weighted by Gasteiger charge is 2.05. The largest absolute Gasteiger partial charge is 0.378 e. The molecule has 0 aliphatic rings. The zero-order valence-electron chi connectivity index (χ0n) is 11.2. The van der Waals surface area contributed by atoms with Gasteiger partial charge in [0.1, 0.15) is 0 Å². The molecular weight excluding hydrogens is 250 g/mol. The fourth-order valence-electron chi connectivity index (χ4n) is 2.06. The minimum Gasteiger partial charge on any atom is -0.378 e. The number of hydrogen-bond acceptors (Lipinski definition) is 4. The Bertz CT molecular complexity index is 691. The van der Waals surface area contributed by atoms with E-state index in [1.807, 2.05) is 24.4 Å². The van der Waals surface area contributed by atoms with Gasteiger partial charge in [0.25, 0.3) is 0 Å². The average molecular weight is 265 g/mol. The van der Waals surface area contributed by atoms with Gasteiger partial charge in [-0.3, -0.25) is 4.98 Å². The third kappa shape index (κ3) is 2.51. The van der Waals surface area contributed by atoms with Crippen LogP contribution in [0.4, 0.5) is 5.69 Å². The van der Waals surface area contributed by atoms with Crippen LogP contribution in [0.5, 0.6) is 0 Å². The third-order valence-corrected chi connectivity index (χ3v) is 3.20. The Kier molecular flexibility index (Phi) is 3.41. The molecular formula is C15H15N5. The zero-order valence-corrected chi connectivity index (χ0v) is 11.2. The van der Waals surface area contributed by atoms with Crippen LogP contribution in [0.15, 0.2) is 55.1 Å². The van der Waals surface area contributed by atoms with Crippen molar-refractivity contribution in [1.82, 2.24) is 20.0 Å². The number of nitrogens with one attached hydrogen (secondary N) is 1. The summed E-state index contributed by atoms with van der Waals surface area (Å²) in [6.45, 7) is 2.86. The van der Waals surface area contributed by atoms with Crippen molar-refractivity contribution in [3.63, 3.8) is 0 Å². The van der Waals surface area contributed by atoms with Gasteiger partial charge in [0.05, 0.1) is 30.0 Å². The average Bonchev–Trinajstić information content (AvgIpc) is 3.01. The quantitative estimate of drug-likeness (QED) is 0.787. The fraction of sp³-hybridized carbons (Fsp3) is 0.133. The summed E-state index contributed by atoms with van der Waals surface area (Å²) in [5.41, 5.74) is 4.40. The Morgan fingerprint density at radius 2 is 2.05 bits per heavy atom. The van der Waals surface area contributed by atoms with E-state index >= 15 is 0 Å². The number of pyridine rings is 1. The van der Waals surface area contributed by atoms with Crippen LogP contribution in [-0.2, 0) is 6.54 Å². The van der Waals surface area contributed by atoms with Gasteiger partial charge in [0, 0.05) is 12.7 Å². The summed E-state index contributed by atoms with van der Waals surface area (Å²) in [5.74, 6) is 0. The maximum atomic E-state index is 4.17. The second-order valence-corrected chi connectivity index (χ2v) is 4.52. The standard InChI is InChI=1S/C15H15N5/c1-12-4-2-3-5-13(12)10-17-14-11-16-7-6-15(14)20-9-8-18-19-20/h2-9,11,17H,10H2,1H3. The van der Waals surface area contributed by atoms with E-state index in [-0.39, 0.29) is 0 Å². The highest BCUT2D eigenvalue weighted by molar-refractivity contribution is 5.59.